The Kier molecular flexibility index (Phi) is 5.72. The molecule has 0 fully saturated rings. The molecule has 192 valence electrons. The van der Waals surface area contributed by atoms with Gasteiger partial charge in [-0.1, -0.05) is 44.2 Å². The molecule has 0 radical (unpaired) electrons. The predicted octanol–water partition coefficient (Wildman–Crippen LogP) is 5.04. The van der Waals surface area contributed by atoms with Gasteiger partial charge in [-0.15, -0.1) is 5.06 Å². The molecule has 1 atom stereocenters. The van der Waals surface area contributed by atoms with E-state index >= 15 is 0 Å². The number of imide groups is 1. The minimum atomic E-state index is -0.493. The van der Waals surface area contributed by atoms with E-state index in [1.807, 2.05) is 17.0 Å². The van der Waals surface area contributed by atoms with E-state index in [4.69, 9.17) is 4.84 Å². The van der Waals surface area contributed by atoms with Crippen molar-refractivity contribution in [2.24, 2.45) is 5.41 Å². The quantitative estimate of drug-likeness (QED) is 0.447. The Hall–Kier alpha value is -4.17. The summed E-state index contributed by atoms with van der Waals surface area (Å²) in [5.41, 5.74) is 3.55. The molecule has 1 aliphatic carbocycles. The number of benzene rings is 2. The van der Waals surface area contributed by atoms with Crippen molar-refractivity contribution in [3.63, 3.8) is 0 Å². The zero-order valence-electron chi connectivity index (χ0n) is 21.1. The van der Waals surface area contributed by atoms with Crippen LogP contribution in [0.15, 0.2) is 78.1 Å². The Bertz CT molecular complexity index is 1480. The van der Waals surface area contributed by atoms with Crippen molar-refractivity contribution in [3.05, 3.63) is 106 Å². The molecule has 8 heteroatoms. The summed E-state index contributed by atoms with van der Waals surface area (Å²) in [5, 5.41) is 0.806. The van der Waals surface area contributed by atoms with Crippen molar-refractivity contribution < 1.29 is 23.6 Å². The van der Waals surface area contributed by atoms with Crippen LogP contribution < -0.4 is 4.90 Å². The maximum absolute atomic E-state index is 13.8. The molecule has 0 saturated carbocycles. The van der Waals surface area contributed by atoms with E-state index in [0.717, 1.165) is 21.9 Å². The summed E-state index contributed by atoms with van der Waals surface area (Å²) >= 11 is 0. The minimum Gasteiger partial charge on any atom is -0.327 e. The van der Waals surface area contributed by atoms with E-state index in [0.29, 0.717) is 35.4 Å². The number of Topliss-reactive ketones (excluding diaryl/α,β-unsaturated/α-hetero) is 1. The first kappa shape index (κ1) is 24.2. The van der Waals surface area contributed by atoms with Crippen molar-refractivity contribution in [1.82, 2.24) is 10.0 Å². The molecule has 3 aliphatic rings. The third-order valence-electron chi connectivity index (χ3n) is 7.39. The molecule has 0 bridgehead atoms. The van der Waals surface area contributed by atoms with Gasteiger partial charge in [-0.2, -0.15) is 0 Å². The standard InChI is InChI=1S/C30H26FN3O4/c1-30(2)16-23-26(24(35)17-30)25(18-9-11-19(31)12-10-18)22-8-5-13-32-27(22)33(23)14-15-38-34-28(36)20-6-3-4-7-21(20)29(34)37/h3-13,25H,14-17H2,1-2H3. The molecular weight excluding hydrogens is 485 g/mol. The summed E-state index contributed by atoms with van der Waals surface area (Å²) in [7, 11) is 0. The number of carbonyl (C=O) groups excluding carboxylic acids is 3. The SMILES string of the molecule is CC1(C)CC(=O)C2=C(C1)N(CCON1C(=O)c3ccccc3C1=O)c1ncccc1C2c1ccc(F)cc1. The van der Waals surface area contributed by atoms with Gasteiger partial charge in [0.05, 0.1) is 24.3 Å². The van der Waals surface area contributed by atoms with Crippen LogP contribution in [0.4, 0.5) is 10.2 Å². The lowest BCUT2D eigenvalue weighted by molar-refractivity contribution is -0.118. The summed E-state index contributed by atoms with van der Waals surface area (Å²) in [6.45, 7) is 4.41. The molecule has 0 spiro atoms. The van der Waals surface area contributed by atoms with Gasteiger partial charge in [0.25, 0.3) is 11.8 Å². The molecule has 2 amide bonds. The summed E-state index contributed by atoms with van der Waals surface area (Å²) < 4.78 is 13.8. The second-order valence-electron chi connectivity index (χ2n) is 10.6. The number of hydrogen-bond acceptors (Lipinski definition) is 6. The third kappa shape index (κ3) is 3.92. The molecule has 2 aliphatic heterocycles. The summed E-state index contributed by atoms with van der Waals surface area (Å²) in [4.78, 5) is 51.5. The van der Waals surface area contributed by atoms with Crippen LogP contribution in [0, 0.1) is 11.2 Å². The Morgan fingerprint density at radius 2 is 1.63 bits per heavy atom. The van der Waals surface area contributed by atoms with E-state index in [1.165, 1.54) is 12.1 Å². The predicted molar refractivity (Wildman–Crippen MR) is 138 cm³/mol. The number of anilines is 1. The topological polar surface area (TPSA) is 79.8 Å². The number of carbonyl (C=O) groups is 3. The lowest BCUT2D eigenvalue weighted by atomic mass is 9.68. The number of amides is 2. The first-order chi connectivity index (χ1) is 18.2. The number of aromatic nitrogens is 1. The number of pyridine rings is 1. The largest absolute Gasteiger partial charge is 0.327 e. The zero-order valence-corrected chi connectivity index (χ0v) is 21.1. The number of halogens is 1. The van der Waals surface area contributed by atoms with E-state index in [1.54, 1.807) is 42.6 Å². The highest BCUT2D eigenvalue weighted by molar-refractivity contribution is 6.20. The third-order valence-corrected chi connectivity index (χ3v) is 7.39. The number of allylic oxidation sites excluding steroid dienone is 2. The van der Waals surface area contributed by atoms with Crippen LogP contribution in [0.2, 0.25) is 0 Å². The van der Waals surface area contributed by atoms with Gasteiger partial charge in [-0.05, 0) is 47.7 Å². The van der Waals surface area contributed by atoms with Crippen LogP contribution in [0.5, 0.6) is 0 Å². The van der Waals surface area contributed by atoms with Crippen molar-refractivity contribution in [1.29, 1.82) is 0 Å². The molecule has 0 N–H and O–H groups in total. The maximum atomic E-state index is 13.8. The first-order valence-corrected chi connectivity index (χ1v) is 12.6. The van der Waals surface area contributed by atoms with E-state index in [-0.39, 0.29) is 36.1 Å². The Morgan fingerprint density at radius 1 is 0.947 bits per heavy atom. The van der Waals surface area contributed by atoms with E-state index in [9.17, 15) is 18.8 Å². The molecule has 38 heavy (non-hydrogen) atoms. The minimum absolute atomic E-state index is 0.0219. The second kappa shape index (κ2) is 8.99. The van der Waals surface area contributed by atoms with Crippen LogP contribution in [0.3, 0.4) is 0 Å². The zero-order chi connectivity index (χ0) is 26.6. The van der Waals surface area contributed by atoms with E-state index in [2.05, 4.69) is 18.8 Å². The fourth-order valence-corrected chi connectivity index (χ4v) is 5.76. The van der Waals surface area contributed by atoms with Crippen LogP contribution in [-0.2, 0) is 9.63 Å². The smallest absolute Gasteiger partial charge is 0.285 e. The number of rotatable bonds is 5. The van der Waals surface area contributed by atoms with Crippen LogP contribution in [-0.4, -0.2) is 40.8 Å². The maximum Gasteiger partial charge on any atom is 0.285 e. The lowest BCUT2D eigenvalue weighted by Crippen LogP contribution is -2.42. The highest BCUT2D eigenvalue weighted by Gasteiger charge is 2.44. The van der Waals surface area contributed by atoms with Gasteiger partial charge in [0.1, 0.15) is 11.6 Å². The van der Waals surface area contributed by atoms with Crippen molar-refractivity contribution in [2.45, 2.75) is 32.6 Å². The molecule has 7 nitrogen and oxygen atoms in total. The van der Waals surface area contributed by atoms with E-state index < -0.39 is 11.8 Å². The molecule has 3 heterocycles. The molecular formula is C30H26FN3O4. The van der Waals surface area contributed by atoms with Gasteiger partial charge in [0.2, 0.25) is 0 Å². The Labute approximate surface area is 219 Å². The normalized spacial score (nSPS) is 20.0. The van der Waals surface area contributed by atoms with Gasteiger partial charge in [0.15, 0.2) is 5.78 Å². The molecule has 1 aromatic heterocycles. The highest BCUT2D eigenvalue weighted by Crippen LogP contribution is 2.50. The number of ketones is 1. The average Bonchev–Trinajstić information content (AvgIpc) is 3.13. The van der Waals surface area contributed by atoms with Gasteiger partial charge >= 0.3 is 0 Å². The summed E-state index contributed by atoms with van der Waals surface area (Å²) in [6.07, 6.45) is 2.73. The van der Waals surface area contributed by atoms with Crippen LogP contribution in [0.1, 0.15) is 64.4 Å². The molecule has 3 aromatic rings. The Morgan fingerprint density at radius 3 is 2.32 bits per heavy atom. The summed E-state index contributed by atoms with van der Waals surface area (Å²) in [6, 6.07) is 16.6. The van der Waals surface area contributed by atoms with Crippen molar-refractivity contribution in [3.8, 4) is 0 Å². The number of hydroxylamine groups is 2. The van der Waals surface area contributed by atoms with Crippen molar-refractivity contribution in [2.75, 3.05) is 18.1 Å². The average molecular weight is 512 g/mol. The monoisotopic (exact) mass is 511 g/mol. The molecule has 1 unspecified atom stereocenters. The van der Waals surface area contributed by atoms with Crippen molar-refractivity contribution >= 4 is 23.4 Å². The number of hydrogen-bond donors (Lipinski definition) is 0. The number of fused-ring (bicyclic) bond motifs is 2. The van der Waals surface area contributed by atoms with Gasteiger partial charge < -0.3 is 4.90 Å². The fraction of sp³-hybridized carbons (Fsp3) is 0.267. The molecule has 6 rings (SSSR count). The first-order valence-electron chi connectivity index (χ1n) is 12.6. The van der Waals surface area contributed by atoms with Crippen LogP contribution >= 0.6 is 0 Å². The Balaban J connectivity index is 1.35. The molecule has 2 aromatic carbocycles. The fourth-order valence-electron chi connectivity index (χ4n) is 5.76. The van der Waals surface area contributed by atoms with Gasteiger partial charge in [-0.3, -0.25) is 19.2 Å². The van der Waals surface area contributed by atoms with Crippen LogP contribution in [0.25, 0.3) is 0 Å². The molecule has 0 saturated heterocycles. The van der Waals surface area contributed by atoms with Gasteiger partial charge in [-0.25, -0.2) is 9.37 Å². The number of nitrogens with zero attached hydrogens (tertiary/aromatic N) is 3. The second-order valence-corrected chi connectivity index (χ2v) is 10.6. The highest BCUT2D eigenvalue weighted by atomic mass is 19.1. The summed E-state index contributed by atoms with van der Waals surface area (Å²) in [5.74, 6) is -0.969. The van der Waals surface area contributed by atoms with Gasteiger partial charge in [0, 0.05) is 35.4 Å². The lowest BCUT2D eigenvalue weighted by Gasteiger charge is -2.44.